The highest BCUT2D eigenvalue weighted by Crippen LogP contribution is 2.65. The van der Waals surface area contributed by atoms with Crippen LogP contribution in [-0.4, -0.2) is 0 Å². The topological polar surface area (TPSA) is 3.24 Å². The van der Waals surface area contributed by atoms with Crippen molar-refractivity contribution in [3.8, 4) is 22.3 Å². The van der Waals surface area contributed by atoms with E-state index < -0.39 is 5.41 Å². The summed E-state index contributed by atoms with van der Waals surface area (Å²) in [5.41, 5.74) is 13.5. The van der Waals surface area contributed by atoms with Gasteiger partial charge in [-0.15, -0.1) is 0 Å². The molecule has 0 aliphatic heterocycles. The van der Waals surface area contributed by atoms with Crippen molar-refractivity contribution in [3.05, 3.63) is 210 Å². The summed E-state index contributed by atoms with van der Waals surface area (Å²) in [5, 5.41) is 10.9. The molecule has 52 heavy (non-hydrogen) atoms. The Bertz CT molecular complexity index is 3050. The zero-order chi connectivity index (χ0) is 34.0. The van der Waals surface area contributed by atoms with Crippen LogP contribution in [0.15, 0.2) is 188 Å². The fraction of sp³-hybridized carbons (Fsp3) is 0.0196. The van der Waals surface area contributed by atoms with Gasteiger partial charge in [-0.25, -0.2) is 0 Å². The molecule has 10 aromatic carbocycles. The Morgan fingerprint density at radius 1 is 0.327 bits per heavy atom. The molecule has 1 unspecified atom stereocenters. The summed E-state index contributed by atoms with van der Waals surface area (Å²) in [7, 11) is 0. The first-order valence-corrected chi connectivity index (χ1v) is 18.2. The fourth-order valence-corrected chi connectivity index (χ4v) is 10.0. The number of anilines is 3. The Morgan fingerprint density at radius 2 is 0.904 bits per heavy atom. The minimum atomic E-state index is -0.444. The predicted octanol–water partition coefficient (Wildman–Crippen LogP) is 13.6. The maximum absolute atomic E-state index is 2.45. The first kappa shape index (κ1) is 28.0. The van der Waals surface area contributed by atoms with Gasteiger partial charge in [0.1, 0.15) is 0 Å². The molecule has 0 fully saturated rings. The molecule has 1 atom stereocenters. The lowest BCUT2D eigenvalue weighted by molar-refractivity contribution is 0.797. The van der Waals surface area contributed by atoms with Crippen molar-refractivity contribution in [3.63, 3.8) is 0 Å². The van der Waals surface area contributed by atoms with Crippen LogP contribution in [0.2, 0.25) is 0 Å². The molecular formula is C51H31N. The molecular weight excluding hydrogens is 627 g/mol. The summed E-state index contributed by atoms with van der Waals surface area (Å²) in [4.78, 5) is 2.45. The largest absolute Gasteiger partial charge is 0.310 e. The van der Waals surface area contributed by atoms with Gasteiger partial charge in [0.2, 0.25) is 0 Å². The van der Waals surface area contributed by atoms with Crippen molar-refractivity contribution in [2.24, 2.45) is 0 Å². The smallest absolute Gasteiger partial charge is 0.0726 e. The lowest BCUT2D eigenvalue weighted by Gasteiger charge is -2.32. The average Bonchev–Trinajstić information content (AvgIpc) is 3.69. The van der Waals surface area contributed by atoms with Crippen LogP contribution in [0.4, 0.5) is 17.1 Å². The minimum Gasteiger partial charge on any atom is -0.310 e. The highest BCUT2D eigenvalue weighted by atomic mass is 15.1. The summed E-state index contributed by atoms with van der Waals surface area (Å²) >= 11 is 0. The van der Waals surface area contributed by atoms with Crippen molar-refractivity contribution in [2.75, 3.05) is 4.90 Å². The second-order valence-electron chi connectivity index (χ2n) is 14.4. The number of rotatable bonds is 4. The number of hydrogen-bond acceptors (Lipinski definition) is 1. The van der Waals surface area contributed by atoms with Gasteiger partial charge in [0.15, 0.2) is 0 Å². The molecule has 0 aromatic heterocycles. The van der Waals surface area contributed by atoms with Crippen molar-refractivity contribution in [2.45, 2.75) is 5.41 Å². The lowest BCUT2D eigenvalue weighted by atomic mass is 9.70. The summed E-state index contributed by atoms with van der Waals surface area (Å²) in [6.07, 6.45) is 0. The first-order valence-electron chi connectivity index (χ1n) is 18.2. The van der Waals surface area contributed by atoms with Crippen molar-refractivity contribution >= 4 is 60.2 Å². The highest BCUT2D eigenvalue weighted by Gasteiger charge is 2.52. The molecule has 0 heterocycles. The van der Waals surface area contributed by atoms with Gasteiger partial charge in [-0.05, 0) is 112 Å². The van der Waals surface area contributed by atoms with Crippen LogP contribution >= 0.6 is 0 Å². The van der Waals surface area contributed by atoms with Crippen LogP contribution in [-0.2, 0) is 5.41 Å². The molecule has 0 amide bonds. The van der Waals surface area contributed by atoms with Crippen molar-refractivity contribution in [1.82, 2.24) is 0 Å². The number of fused-ring (bicyclic) bond motifs is 8. The normalized spacial score (nSPS) is 15.4. The van der Waals surface area contributed by atoms with E-state index in [0.29, 0.717) is 0 Å². The van der Waals surface area contributed by atoms with Gasteiger partial charge in [0.05, 0.1) is 11.1 Å². The molecule has 12 rings (SSSR count). The number of nitrogens with zero attached hydrogens (tertiary/aromatic N) is 1. The van der Waals surface area contributed by atoms with E-state index in [1.807, 2.05) is 0 Å². The second-order valence-corrected chi connectivity index (χ2v) is 14.4. The molecule has 2 aliphatic carbocycles. The van der Waals surface area contributed by atoms with Crippen molar-refractivity contribution < 1.29 is 0 Å². The maximum Gasteiger partial charge on any atom is 0.0726 e. The van der Waals surface area contributed by atoms with Crippen LogP contribution in [0.25, 0.3) is 65.3 Å². The highest BCUT2D eigenvalue weighted by molar-refractivity contribution is 6.36. The van der Waals surface area contributed by atoms with E-state index in [9.17, 15) is 0 Å². The Labute approximate surface area is 302 Å². The molecule has 0 N–H and O–H groups in total. The molecule has 0 bridgehead atoms. The van der Waals surface area contributed by atoms with Gasteiger partial charge in [-0.1, -0.05) is 158 Å². The molecule has 10 aromatic rings. The third kappa shape index (κ3) is 3.43. The monoisotopic (exact) mass is 657 g/mol. The molecule has 1 heteroatoms. The zero-order valence-electron chi connectivity index (χ0n) is 28.3. The average molecular weight is 658 g/mol. The van der Waals surface area contributed by atoms with Gasteiger partial charge >= 0.3 is 0 Å². The lowest BCUT2D eigenvalue weighted by Crippen LogP contribution is -2.26. The van der Waals surface area contributed by atoms with Gasteiger partial charge in [-0.2, -0.15) is 0 Å². The number of benzene rings is 10. The molecule has 1 nitrogen and oxygen atoms in total. The van der Waals surface area contributed by atoms with Gasteiger partial charge in [-0.3, -0.25) is 0 Å². The van der Waals surface area contributed by atoms with E-state index in [0.717, 1.165) is 11.4 Å². The van der Waals surface area contributed by atoms with Crippen LogP contribution in [0.5, 0.6) is 0 Å². The molecule has 1 spiro atoms. The molecule has 0 saturated carbocycles. The Morgan fingerprint density at radius 3 is 1.73 bits per heavy atom. The molecule has 0 saturated heterocycles. The summed E-state index contributed by atoms with van der Waals surface area (Å²) < 4.78 is 0. The SMILES string of the molecule is c1ccc(-c2ccc(N(c3ccccc3)c3cccc4c3-c3ccccc3C43c4cccc5c6cccc7ccc8ccc3c(c45)c8c76)cc2)cc1. The number of para-hydroxylation sites is 1. The minimum absolute atomic E-state index is 0.444. The third-order valence-corrected chi connectivity index (χ3v) is 12.0. The van der Waals surface area contributed by atoms with E-state index >= 15 is 0 Å². The standard InChI is InChI=1S/C51H31N/c1-3-12-32(13-4-1)33-26-29-37(30-27-33)52(36-15-5-2-6-16-36)45-23-11-22-42-48(45)40-17-7-8-20-41(40)51(42)43-21-10-19-39-38-18-9-14-34-24-25-35-28-31-44(51)50(49(39)43)47(35)46(34)38/h1-31H. The second kappa shape index (κ2) is 10.2. The Hall–Kier alpha value is -6.70. The van der Waals surface area contributed by atoms with Gasteiger partial charge in [0, 0.05) is 16.9 Å². The van der Waals surface area contributed by atoms with Crippen molar-refractivity contribution in [1.29, 1.82) is 0 Å². The Balaban J connectivity index is 1.18. The third-order valence-electron chi connectivity index (χ3n) is 12.0. The van der Waals surface area contributed by atoms with Gasteiger partial charge in [0.25, 0.3) is 0 Å². The van der Waals surface area contributed by atoms with Crippen LogP contribution in [0.3, 0.4) is 0 Å². The Kier molecular flexibility index (Phi) is 5.49. The number of hydrogen-bond donors (Lipinski definition) is 0. The van der Waals surface area contributed by atoms with E-state index in [1.165, 1.54) is 93.3 Å². The fourth-order valence-electron chi connectivity index (χ4n) is 10.0. The van der Waals surface area contributed by atoms with Crippen LogP contribution in [0, 0.1) is 0 Å². The summed E-state index contributed by atoms with van der Waals surface area (Å²) in [6, 6.07) is 70.0. The zero-order valence-corrected chi connectivity index (χ0v) is 28.3. The predicted molar refractivity (Wildman–Crippen MR) is 219 cm³/mol. The van der Waals surface area contributed by atoms with Crippen LogP contribution in [0.1, 0.15) is 22.3 Å². The molecule has 2 aliphatic rings. The summed E-state index contributed by atoms with van der Waals surface area (Å²) in [6.45, 7) is 0. The maximum atomic E-state index is 2.45. The molecule has 0 radical (unpaired) electrons. The van der Waals surface area contributed by atoms with Gasteiger partial charge < -0.3 is 4.90 Å². The summed E-state index contributed by atoms with van der Waals surface area (Å²) in [5.74, 6) is 0. The quantitative estimate of drug-likeness (QED) is 0.134. The van der Waals surface area contributed by atoms with E-state index in [4.69, 9.17) is 0 Å². The van der Waals surface area contributed by atoms with E-state index in [2.05, 4.69) is 193 Å². The van der Waals surface area contributed by atoms with Crippen LogP contribution < -0.4 is 4.90 Å². The van der Waals surface area contributed by atoms with E-state index in [1.54, 1.807) is 0 Å². The molecule has 240 valence electrons. The first-order chi connectivity index (χ1) is 25.8. The van der Waals surface area contributed by atoms with E-state index in [-0.39, 0.29) is 0 Å².